The largest absolute Gasteiger partial charge is 0.433 e. The molecular formula is C17H16ClN5O3S. The maximum absolute atomic E-state index is 10.7. The van der Waals surface area contributed by atoms with Gasteiger partial charge in [-0.2, -0.15) is 9.78 Å². The average Bonchev–Trinajstić information content (AvgIpc) is 3.27. The summed E-state index contributed by atoms with van der Waals surface area (Å²) in [6, 6.07) is 10.4. The van der Waals surface area contributed by atoms with Crippen LogP contribution >= 0.6 is 23.4 Å². The van der Waals surface area contributed by atoms with Crippen LogP contribution in [0.15, 0.2) is 51.1 Å². The van der Waals surface area contributed by atoms with Crippen molar-refractivity contribution in [3.05, 3.63) is 68.7 Å². The summed E-state index contributed by atoms with van der Waals surface area (Å²) in [6.07, 6.45) is 3.02. The van der Waals surface area contributed by atoms with Crippen LogP contribution in [0.1, 0.15) is 30.5 Å². The maximum atomic E-state index is 10.7. The fourth-order valence-electron chi connectivity index (χ4n) is 2.23. The van der Waals surface area contributed by atoms with E-state index in [2.05, 4.69) is 15.3 Å². The van der Waals surface area contributed by atoms with E-state index in [1.165, 1.54) is 30.1 Å². The van der Waals surface area contributed by atoms with Gasteiger partial charge in [0, 0.05) is 17.2 Å². The van der Waals surface area contributed by atoms with E-state index in [-0.39, 0.29) is 11.6 Å². The molecule has 10 heteroatoms. The second kappa shape index (κ2) is 8.83. The fourth-order valence-corrected chi connectivity index (χ4v) is 3.22. The molecule has 0 N–H and O–H groups in total. The fraction of sp³-hybridized carbons (Fsp3) is 0.235. The highest BCUT2D eigenvalue weighted by molar-refractivity contribution is 7.98. The van der Waals surface area contributed by atoms with Gasteiger partial charge in [-0.3, -0.25) is 10.1 Å². The summed E-state index contributed by atoms with van der Waals surface area (Å²) in [5.41, 5.74) is 1.10. The molecule has 0 aliphatic rings. The van der Waals surface area contributed by atoms with E-state index < -0.39 is 4.92 Å². The summed E-state index contributed by atoms with van der Waals surface area (Å²) in [7, 11) is 0. The predicted octanol–water partition coefficient (Wildman–Crippen LogP) is 4.56. The van der Waals surface area contributed by atoms with Crippen molar-refractivity contribution in [2.24, 2.45) is 5.10 Å². The zero-order valence-corrected chi connectivity index (χ0v) is 16.0. The highest BCUT2D eigenvalue weighted by Gasteiger charge is 2.13. The number of nitrogens with zero attached hydrogens (tertiary/aromatic N) is 5. The number of rotatable bonds is 8. The number of aromatic nitrogens is 3. The Morgan fingerprint density at radius 3 is 2.74 bits per heavy atom. The minimum Gasteiger partial charge on any atom is -0.400 e. The van der Waals surface area contributed by atoms with Crippen molar-refractivity contribution < 1.29 is 9.34 Å². The van der Waals surface area contributed by atoms with Gasteiger partial charge in [0.25, 0.3) is 0 Å². The van der Waals surface area contributed by atoms with E-state index in [1.54, 1.807) is 4.68 Å². The van der Waals surface area contributed by atoms with Crippen LogP contribution in [-0.2, 0) is 12.2 Å². The first-order chi connectivity index (χ1) is 13.1. The summed E-state index contributed by atoms with van der Waals surface area (Å²) in [5.74, 6) is 1.36. The Kier molecular flexibility index (Phi) is 6.25. The molecule has 0 saturated heterocycles. The molecule has 2 heterocycles. The average molecular weight is 406 g/mol. The summed E-state index contributed by atoms with van der Waals surface area (Å²) < 4.78 is 6.74. The number of nitro groups is 1. The standard InChI is InChI=1S/C17H16ClN5O3S/c1-2-3-15-20-21-17(27-11-12-4-6-13(18)7-5-12)22(15)19-10-14-8-9-16(26-14)23(24)25/h4-10H,2-3,11H2,1H3/b19-10-. The van der Waals surface area contributed by atoms with Crippen molar-refractivity contribution in [1.82, 2.24) is 14.9 Å². The van der Waals surface area contributed by atoms with Gasteiger partial charge in [0.15, 0.2) is 11.6 Å². The van der Waals surface area contributed by atoms with Gasteiger partial charge in [0.2, 0.25) is 5.16 Å². The maximum Gasteiger partial charge on any atom is 0.433 e. The van der Waals surface area contributed by atoms with Gasteiger partial charge >= 0.3 is 5.88 Å². The Balaban J connectivity index is 1.79. The van der Waals surface area contributed by atoms with Crippen LogP contribution in [0.25, 0.3) is 0 Å². The lowest BCUT2D eigenvalue weighted by molar-refractivity contribution is -0.402. The van der Waals surface area contributed by atoms with Crippen molar-refractivity contribution >= 4 is 35.5 Å². The smallest absolute Gasteiger partial charge is 0.400 e. The lowest BCUT2D eigenvalue weighted by atomic mass is 10.2. The first-order valence-electron chi connectivity index (χ1n) is 8.17. The van der Waals surface area contributed by atoms with Crippen molar-refractivity contribution in [2.45, 2.75) is 30.7 Å². The molecule has 27 heavy (non-hydrogen) atoms. The predicted molar refractivity (Wildman–Crippen MR) is 103 cm³/mol. The monoisotopic (exact) mass is 405 g/mol. The molecule has 2 aromatic heterocycles. The van der Waals surface area contributed by atoms with E-state index in [4.69, 9.17) is 16.0 Å². The molecule has 0 unspecified atom stereocenters. The van der Waals surface area contributed by atoms with E-state index in [0.29, 0.717) is 28.2 Å². The van der Waals surface area contributed by atoms with Crippen molar-refractivity contribution in [3.63, 3.8) is 0 Å². The summed E-state index contributed by atoms with van der Waals surface area (Å²) in [4.78, 5) is 10.1. The van der Waals surface area contributed by atoms with Crippen LogP contribution in [0.2, 0.25) is 5.02 Å². The van der Waals surface area contributed by atoms with Gasteiger partial charge in [-0.1, -0.05) is 42.4 Å². The number of thioether (sulfide) groups is 1. The SMILES string of the molecule is CCCc1nnc(SCc2ccc(Cl)cc2)n1/N=C\c1ccc([N+](=O)[O-])o1. The molecule has 0 aliphatic carbocycles. The highest BCUT2D eigenvalue weighted by Crippen LogP contribution is 2.23. The number of hydrogen-bond donors (Lipinski definition) is 0. The topological polar surface area (TPSA) is 99.3 Å². The van der Waals surface area contributed by atoms with Gasteiger partial charge in [-0.25, -0.2) is 0 Å². The summed E-state index contributed by atoms with van der Waals surface area (Å²) >= 11 is 7.40. The zero-order valence-electron chi connectivity index (χ0n) is 14.4. The van der Waals surface area contributed by atoms with E-state index in [0.717, 1.165) is 12.0 Å². The highest BCUT2D eigenvalue weighted by atomic mass is 35.5. The first kappa shape index (κ1) is 19.1. The van der Waals surface area contributed by atoms with Crippen LogP contribution in [0.5, 0.6) is 0 Å². The van der Waals surface area contributed by atoms with Crippen LogP contribution in [0.3, 0.4) is 0 Å². The molecule has 0 saturated carbocycles. The van der Waals surface area contributed by atoms with Crippen molar-refractivity contribution in [3.8, 4) is 0 Å². The third-order valence-corrected chi connectivity index (χ3v) is 4.77. The molecule has 8 nitrogen and oxygen atoms in total. The van der Waals surface area contributed by atoms with Crippen molar-refractivity contribution in [1.29, 1.82) is 0 Å². The molecule has 0 spiro atoms. The Hall–Kier alpha value is -2.65. The van der Waals surface area contributed by atoms with Gasteiger partial charge in [0.1, 0.15) is 4.92 Å². The minimum atomic E-state index is -0.591. The number of benzene rings is 1. The minimum absolute atomic E-state index is 0.284. The first-order valence-corrected chi connectivity index (χ1v) is 9.53. The molecule has 0 fully saturated rings. The summed E-state index contributed by atoms with van der Waals surface area (Å²) in [6.45, 7) is 2.04. The molecule has 3 aromatic rings. The lowest BCUT2D eigenvalue weighted by Gasteiger charge is -2.04. The molecule has 1 aromatic carbocycles. The number of hydrogen-bond acceptors (Lipinski definition) is 7. The van der Waals surface area contributed by atoms with E-state index in [1.807, 2.05) is 31.2 Å². The van der Waals surface area contributed by atoms with Gasteiger partial charge in [0.05, 0.1) is 12.3 Å². The quantitative estimate of drug-likeness (QED) is 0.236. The molecule has 0 bridgehead atoms. The van der Waals surface area contributed by atoms with E-state index in [9.17, 15) is 10.1 Å². The Morgan fingerprint density at radius 2 is 2.07 bits per heavy atom. The number of aryl methyl sites for hydroxylation is 1. The summed E-state index contributed by atoms with van der Waals surface area (Å²) in [5, 5.41) is 24.8. The third-order valence-electron chi connectivity index (χ3n) is 3.52. The van der Waals surface area contributed by atoms with Crippen LogP contribution in [0, 0.1) is 10.1 Å². The Bertz CT molecular complexity index is 952. The second-order valence-corrected chi connectivity index (χ2v) is 6.93. The molecule has 0 aliphatic heterocycles. The Morgan fingerprint density at radius 1 is 1.30 bits per heavy atom. The molecule has 3 rings (SSSR count). The molecule has 140 valence electrons. The Labute approximate surface area is 164 Å². The van der Waals surface area contributed by atoms with Crippen LogP contribution in [-0.4, -0.2) is 26.0 Å². The normalized spacial score (nSPS) is 11.3. The third kappa shape index (κ3) is 4.95. The number of furan rings is 1. The van der Waals surface area contributed by atoms with Gasteiger partial charge in [-0.15, -0.1) is 10.2 Å². The van der Waals surface area contributed by atoms with Crippen LogP contribution < -0.4 is 0 Å². The van der Waals surface area contributed by atoms with E-state index >= 15 is 0 Å². The van der Waals surface area contributed by atoms with Crippen LogP contribution in [0.4, 0.5) is 5.88 Å². The van der Waals surface area contributed by atoms with Gasteiger partial charge < -0.3 is 4.42 Å². The molecule has 0 radical (unpaired) electrons. The molecule has 0 amide bonds. The molecular weight excluding hydrogens is 390 g/mol. The van der Waals surface area contributed by atoms with Crippen molar-refractivity contribution in [2.75, 3.05) is 0 Å². The van der Waals surface area contributed by atoms with Gasteiger partial charge in [-0.05, 0) is 30.2 Å². The number of halogens is 1. The second-order valence-electron chi connectivity index (χ2n) is 5.55. The molecule has 0 atom stereocenters. The lowest BCUT2D eigenvalue weighted by Crippen LogP contribution is -2.00. The zero-order chi connectivity index (χ0) is 19.2.